The maximum atomic E-state index is 10.7. The van der Waals surface area contributed by atoms with Gasteiger partial charge < -0.3 is 9.64 Å². The van der Waals surface area contributed by atoms with Crippen molar-refractivity contribution in [1.82, 2.24) is 23.0 Å². The summed E-state index contributed by atoms with van der Waals surface area (Å²) in [4.78, 5) is 1.73. The van der Waals surface area contributed by atoms with Gasteiger partial charge in [-0.1, -0.05) is 0 Å². The molecule has 0 aromatic carbocycles. The summed E-state index contributed by atoms with van der Waals surface area (Å²) in [5.74, 6) is 0. The minimum atomic E-state index is -3.66. The van der Waals surface area contributed by atoms with Crippen molar-refractivity contribution in [3.05, 3.63) is 0 Å². The molecule has 0 aromatic rings. The van der Waals surface area contributed by atoms with Crippen molar-refractivity contribution in [2.45, 2.75) is 0 Å². The second-order valence-electron chi connectivity index (χ2n) is 9.11. The second kappa shape index (κ2) is 56.6. The third-order valence-corrected chi connectivity index (χ3v) is 12.4. The molecule has 32 nitrogen and oxygen atoms in total. The molecule has 0 saturated heterocycles. The number of rotatable bonds is 17. The Hall–Kier alpha value is -0.360. The van der Waals surface area contributed by atoms with Crippen LogP contribution in [0.25, 0.3) is 0 Å². The van der Waals surface area contributed by atoms with Crippen molar-refractivity contribution in [3.8, 4) is 0 Å². The van der Waals surface area contributed by atoms with E-state index in [-0.39, 0.29) is 0 Å². The molecule has 0 heterocycles. The van der Waals surface area contributed by atoms with Crippen LogP contribution in [-0.4, -0.2) is 238 Å². The van der Waals surface area contributed by atoms with Crippen LogP contribution in [0, 0.1) is 0 Å². The first-order valence-corrected chi connectivity index (χ1v) is 28.4. The molecule has 0 bridgehead atoms. The number of phosphoric acid groups is 1. The van der Waals surface area contributed by atoms with Crippen molar-refractivity contribution in [3.63, 3.8) is 0 Å². The first-order valence-electron chi connectivity index (χ1n) is 16.0. The highest BCUT2D eigenvalue weighted by molar-refractivity contribution is 7.86. The van der Waals surface area contributed by atoms with Gasteiger partial charge in [-0.2, -0.15) is 46.9 Å². The van der Waals surface area contributed by atoms with Gasteiger partial charge in [0.05, 0.1) is 84.5 Å². The summed E-state index contributed by atoms with van der Waals surface area (Å²) in [6.45, 7) is 0. The molecule has 0 saturated carbocycles. The Kier molecular flexibility index (Phi) is 75.5. The quantitative estimate of drug-likeness (QED) is 0.0917. The van der Waals surface area contributed by atoms with Crippen LogP contribution in [0.1, 0.15) is 0 Å². The van der Waals surface area contributed by atoms with Gasteiger partial charge in [-0.05, 0) is 19.3 Å². The average molecular weight is 1200 g/mol. The van der Waals surface area contributed by atoms with Crippen LogP contribution in [0.5, 0.6) is 0 Å². The van der Waals surface area contributed by atoms with E-state index >= 15 is 0 Å². The molecular weight excluding hydrogens is 1120 g/mol. The molecular formula is C25H74N5O27PS9. The molecule has 0 spiro atoms. The molecule has 0 aliphatic carbocycles. The van der Waals surface area contributed by atoms with Crippen molar-refractivity contribution in [1.29, 1.82) is 0 Å². The lowest BCUT2D eigenvalue weighted by molar-refractivity contribution is 0.178. The summed E-state index contributed by atoms with van der Waals surface area (Å²) in [6.07, 6.45) is 2.47. The highest BCUT2D eigenvalue weighted by Gasteiger charge is 2.18. The van der Waals surface area contributed by atoms with Gasteiger partial charge in [0, 0.05) is 76.9 Å². The maximum Gasteiger partial charge on any atom is 0.473 e. The number of phosphoric ester groups is 1. The Labute approximate surface area is 415 Å². The standard InChI is InChI=1S/C4H9NOS.C3H9NO3S.C3H9NO2S.C3H9O4P.C2H7NO3S.C2H7NO2S.C2H6O4S.2C2H6O3S.C2H6O2S/c1-5(2)4(7)6-3;1-4(2)8(5,6)7-3;1-4(2)7(5)6-3;1-5-8(4,6-2)7-3;1-3-7(4,5)6-2;1-3-6(4)5-2;1-5-7(3,4)6-2;1-5-6(2,3)4;1-4-6(3)5-2;1-4-5(2)3/h1-3H3;1-3H3;1-3H3;1-3H3;3H,1-2H3;3H,1-2H3;1-2H3;2*1-2H3;1-2H3. The molecule has 420 valence electrons. The summed E-state index contributed by atoms with van der Waals surface area (Å²) in [7, 11) is 13.4. The maximum absolute atomic E-state index is 10.7. The van der Waals surface area contributed by atoms with Gasteiger partial charge in [0.15, 0.2) is 11.1 Å². The van der Waals surface area contributed by atoms with Crippen molar-refractivity contribution >= 4 is 111 Å². The van der Waals surface area contributed by atoms with Crippen LogP contribution in [0.15, 0.2) is 0 Å². The SMILES string of the molecule is CNS(=O)(=O)OC.CNS(=O)OC.COC(=S)N(C)C.COP(=O)(OC)OC.COS(=O)(=O)N(C)C.COS(=O)(=O)OC.COS(=O)N(C)C.COS(=O)OC.COS(C)(=O)=O.COS(C)=O. The number of methoxy groups -OCH3 is 1. The fourth-order valence-electron chi connectivity index (χ4n) is 1.01. The zero-order valence-corrected chi connectivity index (χ0v) is 50.2. The predicted octanol–water partition coefficient (Wildman–Crippen LogP) is -1.85. The van der Waals surface area contributed by atoms with Gasteiger partial charge in [-0.3, -0.25) is 55.4 Å². The van der Waals surface area contributed by atoms with E-state index in [2.05, 4.69) is 77.1 Å². The van der Waals surface area contributed by atoms with E-state index in [1.807, 2.05) is 18.8 Å². The van der Waals surface area contributed by atoms with Crippen molar-refractivity contribution < 1.29 is 115 Å². The number of ether oxygens (including phenoxy) is 1. The van der Waals surface area contributed by atoms with E-state index in [9.17, 15) is 55.1 Å². The summed E-state index contributed by atoms with van der Waals surface area (Å²) in [5, 5.41) is 0.514. The monoisotopic (exact) mass is 1200 g/mol. The molecule has 0 fully saturated rings. The van der Waals surface area contributed by atoms with Gasteiger partial charge >= 0.3 is 50.2 Å². The van der Waals surface area contributed by atoms with E-state index in [0.717, 1.165) is 46.1 Å². The molecule has 3 atom stereocenters. The second-order valence-corrected chi connectivity index (χ2v) is 23.2. The molecule has 0 aromatic heterocycles. The van der Waals surface area contributed by atoms with Gasteiger partial charge in [-0.15, -0.1) is 0 Å². The van der Waals surface area contributed by atoms with Crippen LogP contribution in [0.3, 0.4) is 0 Å². The van der Waals surface area contributed by atoms with Crippen LogP contribution in [0.4, 0.5) is 0 Å². The van der Waals surface area contributed by atoms with Crippen molar-refractivity contribution in [2.75, 3.05) is 168 Å². The largest absolute Gasteiger partial charge is 0.474 e. The Bertz CT molecular complexity index is 1610. The Morgan fingerprint density at radius 2 is 0.910 bits per heavy atom. The molecule has 67 heavy (non-hydrogen) atoms. The Balaban J connectivity index is -0.0000000675. The number of thiocarbonyl (C=S) groups is 1. The lowest BCUT2D eigenvalue weighted by atomic mass is 10.9. The summed E-state index contributed by atoms with van der Waals surface area (Å²) in [6, 6.07) is 0. The molecule has 0 aliphatic heterocycles. The summed E-state index contributed by atoms with van der Waals surface area (Å²) in [5.41, 5.74) is 0. The highest BCUT2D eigenvalue weighted by atomic mass is 32.3. The van der Waals surface area contributed by atoms with E-state index < -0.39 is 93.9 Å². The molecule has 2 N–H and O–H groups in total. The number of hydrogen-bond acceptors (Lipinski definition) is 28. The molecule has 0 radical (unpaired) electrons. The van der Waals surface area contributed by atoms with Gasteiger partial charge in [-0.25, -0.2) is 26.2 Å². The molecule has 0 amide bonds. The lowest BCUT2D eigenvalue weighted by Crippen LogP contribution is -2.22. The van der Waals surface area contributed by atoms with Crippen molar-refractivity contribution in [2.24, 2.45) is 0 Å². The smallest absolute Gasteiger partial charge is 0.473 e. The van der Waals surface area contributed by atoms with Gasteiger partial charge in [0.2, 0.25) is 22.5 Å². The Morgan fingerprint density at radius 1 is 0.567 bits per heavy atom. The lowest BCUT2D eigenvalue weighted by Gasteiger charge is -2.09. The zero-order chi connectivity index (χ0) is 56.4. The Morgan fingerprint density at radius 3 is 0.910 bits per heavy atom. The molecule has 0 rings (SSSR count). The van der Waals surface area contributed by atoms with Gasteiger partial charge in [0.1, 0.15) is 0 Å². The normalized spacial score (nSPS) is 12.0. The highest BCUT2D eigenvalue weighted by Crippen LogP contribution is 2.46. The molecule has 3 unspecified atom stereocenters. The molecule has 0 aliphatic rings. The van der Waals surface area contributed by atoms with E-state index in [0.29, 0.717) is 5.17 Å². The first kappa shape index (κ1) is 89.5. The average Bonchev–Trinajstić information content (AvgIpc) is 3.31. The topological polar surface area (TPSA) is 385 Å². The number of nitrogens with one attached hydrogen (secondary N) is 2. The van der Waals surface area contributed by atoms with Crippen LogP contribution in [0.2, 0.25) is 0 Å². The molecule has 42 heteroatoms. The van der Waals surface area contributed by atoms with Crippen LogP contribution < -0.4 is 9.44 Å². The number of hydrogen-bond donors (Lipinski definition) is 2. The third kappa shape index (κ3) is 89.0. The minimum Gasteiger partial charge on any atom is -0.474 e. The van der Waals surface area contributed by atoms with E-state index in [1.54, 1.807) is 33.2 Å². The predicted molar refractivity (Wildman–Crippen MR) is 258 cm³/mol. The minimum absolute atomic E-state index is 0.514. The summed E-state index contributed by atoms with van der Waals surface area (Å²) < 4.78 is 196. The number of nitrogens with zero attached hydrogens (tertiary/aromatic N) is 3. The third-order valence-electron chi connectivity index (χ3n) is 4.31. The van der Waals surface area contributed by atoms with Crippen LogP contribution in [-0.2, 0) is 151 Å². The fraction of sp³-hybridized carbons (Fsp3) is 0.960. The van der Waals surface area contributed by atoms with E-state index in [4.69, 9.17) is 0 Å². The van der Waals surface area contributed by atoms with Gasteiger partial charge in [0.25, 0.3) is 15.3 Å². The zero-order valence-electron chi connectivity index (χ0n) is 42.0. The first-order chi connectivity index (χ1) is 30.2. The van der Waals surface area contributed by atoms with Crippen LogP contribution >= 0.6 is 20.0 Å². The van der Waals surface area contributed by atoms with E-state index in [1.165, 1.54) is 88.6 Å². The fourth-order valence-corrected chi connectivity index (χ4v) is 2.66. The summed E-state index contributed by atoms with van der Waals surface area (Å²) >= 11 is -0.453.